The predicted molar refractivity (Wildman–Crippen MR) is 115 cm³/mol. The molecule has 30 heavy (non-hydrogen) atoms. The van der Waals surface area contributed by atoms with Crippen LogP contribution < -0.4 is 14.8 Å². The molecule has 1 N–H and O–H groups in total. The number of benzene rings is 2. The summed E-state index contributed by atoms with van der Waals surface area (Å²) >= 11 is 0. The van der Waals surface area contributed by atoms with Crippen LogP contribution in [0.25, 0.3) is 11.0 Å². The second-order valence-corrected chi connectivity index (χ2v) is 8.41. The van der Waals surface area contributed by atoms with Gasteiger partial charge < -0.3 is 19.4 Å². The first-order valence-corrected chi connectivity index (χ1v) is 10.7. The molecule has 2 heterocycles. The van der Waals surface area contributed by atoms with Crippen molar-refractivity contribution < 1.29 is 14.3 Å². The molecular weight excluding hydrogens is 378 g/mol. The van der Waals surface area contributed by atoms with Crippen LogP contribution in [0.5, 0.6) is 11.5 Å². The standard InChI is InChI=1S/C24H27N3O3/c1-15-6-8-19-20(12-15)27(2)23(26-19)16-4-3-5-18(13-16)25-24(28)17-7-9-21-22(14-17)30-11-10-29-21/h6-9,12,14,16,18H,3-5,10-11,13H2,1-2H3,(H,25,28). The third-order valence-electron chi connectivity index (χ3n) is 6.25. The van der Waals surface area contributed by atoms with Gasteiger partial charge in [-0.1, -0.05) is 12.5 Å². The Kier molecular flexibility index (Phi) is 4.85. The molecule has 156 valence electrons. The lowest BCUT2D eigenvalue weighted by molar-refractivity contribution is 0.0923. The smallest absolute Gasteiger partial charge is 0.251 e. The average molecular weight is 405 g/mol. The van der Waals surface area contributed by atoms with Crippen LogP contribution in [0.4, 0.5) is 0 Å². The Morgan fingerprint density at radius 2 is 1.93 bits per heavy atom. The van der Waals surface area contributed by atoms with E-state index in [2.05, 4.69) is 42.1 Å². The Bertz CT molecular complexity index is 1100. The number of ether oxygens (including phenoxy) is 2. The third-order valence-corrected chi connectivity index (χ3v) is 6.25. The predicted octanol–water partition coefficient (Wildman–Crippen LogP) is 4.11. The van der Waals surface area contributed by atoms with E-state index in [9.17, 15) is 4.79 Å². The van der Waals surface area contributed by atoms with Gasteiger partial charge in [-0.2, -0.15) is 0 Å². The number of amides is 1. The van der Waals surface area contributed by atoms with E-state index in [1.807, 2.05) is 6.07 Å². The van der Waals surface area contributed by atoms with Crippen molar-refractivity contribution in [1.82, 2.24) is 14.9 Å². The maximum atomic E-state index is 12.9. The third kappa shape index (κ3) is 3.51. The molecule has 6 heteroatoms. The second kappa shape index (κ2) is 7.67. The van der Waals surface area contributed by atoms with Crippen molar-refractivity contribution >= 4 is 16.9 Å². The molecule has 0 bridgehead atoms. The normalized spacial score (nSPS) is 20.9. The number of hydrogen-bond donors (Lipinski definition) is 1. The summed E-state index contributed by atoms with van der Waals surface area (Å²) in [4.78, 5) is 17.8. The number of carbonyl (C=O) groups is 1. The summed E-state index contributed by atoms with van der Waals surface area (Å²) in [6.45, 7) is 3.17. The highest BCUT2D eigenvalue weighted by molar-refractivity contribution is 5.95. The van der Waals surface area contributed by atoms with Gasteiger partial charge in [0.15, 0.2) is 11.5 Å². The molecule has 2 aromatic carbocycles. The zero-order valence-corrected chi connectivity index (χ0v) is 17.5. The van der Waals surface area contributed by atoms with E-state index < -0.39 is 0 Å². The average Bonchev–Trinajstić information content (AvgIpc) is 3.09. The van der Waals surface area contributed by atoms with E-state index in [0.717, 1.165) is 37.0 Å². The fraction of sp³-hybridized carbons (Fsp3) is 0.417. The van der Waals surface area contributed by atoms with Gasteiger partial charge in [0, 0.05) is 24.6 Å². The number of hydrogen-bond acceptors (Lipinski definition) is 4. The Morgan fingerprint density at radius 3 is 2.80 bits per heavy atom. The Labute approximate surface area is 176 Å². The molecule has 1 aliphatic heterocycles. The Morgan fingerprint density at radius 1 is 1.10 bits per heavy atom. The van der Waals surface area contributed by atoms with Gasteiger partial charge in [-0.3, -0.25) is 4.79 Å². The highest BCUT2D eigenvalue weighted by Crippen LogP contribution is 2.35. The summed E-state index contributed by atoms with van der Waals surface area (Å²) in [5, 5.41) is 3.23. The van der Waals surface area contributed by atoms with Crippen LogP contribution in [0.15, 0.2) is 36.4 Å². The number of aromatic nitrogens is 2. The van der Waals surface area contributed by atoms with Crippen molar-refractivity contribution in [2.75, 3.05) is 13.2 Å². The fourth-order valence-corrected chi connectivity index (χ4v) is 4.69. The summed E-state index contributed by atoms with van der Waals surface area (Å²) in [5.41, 5.74) is 4.07. The van der Waals surface area contributed by atoms with Crippen molar-refractivity contribution in [3.05, 3.63) is 53.3 Å². The molecule has 0 saturated heterocycles. The Balaban J connectivity index is 1.31. The van der Waals surface area contributed by atoms with E-state index in [0.29, 0.717) is 36.2 Å². The molecule has 3 aromatic rings. The number of nitrogens with zero attached hydrogens (tertiary/aromatic N) is 2. The first-order chi connectivity index (χ1) is 14.6. The fourth-order valence-electron chi connectivity index (χ4n) is 4.69. The number of nitrogens with one attached hydrogen (secondary N) is 1. The molecule has 0 spiro atoms. The molecule has 1 fully saturated rings. The van der Waals surface area contributed by atoms with Gasteiger partial charge in [0.05, 0.1) is 11.0 Å². The molecule has 2 atom stereocenters. The van der Waals surface area contributed by atoms with Crippen molar-refractivity contribution in [3.8, 4) is 11.5 Å². The van der Waals surface area contributed by atoms with Gasteiger partial charge in [-0.15, -0.1) is 0 Å². The summed E-state index contributed by atoms with van der Waals surface area (Å²) in [7, 11) is 2.10. The zero-order valence-electron chi connectivity index (χ0n) is 17.5. The van der Waals surface area contributed by atoms with Crippen LogP contribution in [0, 0.1) is 6.92 Å². The number of carbonyl (C=O) groups excluding carboxylic acids is 1. The summed E-state index contributed by atoms with van der Waals surface area (Å²) in [5.74, 6) is 2.76. The van der Waals surface area contributed by atoms with E-state index in [4.69, 9.17) is 14.5 Å². The molecule has 5 rings (SSSR count). The minimum Gasteiger partial charge on any atom is -0.486 e. The Hall–Kier alpha value is -3.02. The lowest BCUT2D eigenvalue weighted by Gasteiger charge is -2.29. The SMILES string of the molecule is Cc1ccc2nc(C3CCCC(NC(=O)c4ccc5c(c4)OCCO5)C3)n(C)c2c1. The molecule has 6 nitrogen and oxygen atoms in total. The molecule has 0 radical (unpaired) electrons. The van der Waals surface area contributed by atoms with Crippen molar-refractivity contribution in [2.24, 2.45) is 7.05 Å². The largest absolute Gasteiger partial charge is 0.486 e. The second-order valence-electron chi connectivity index (χ2n) is 8.41. The topological polar surface area (TPSA) is 65.4 Å². The van der Waals surface area contributed by atoms with Gasteiger partial charge in [-0.05, 0) is 62.1 Å². The van der Waals surface area contributed by atoms with E-state index >= 15 is 0 Å². The maximum Gasteiger partial charge on any atom is 0.251 e. The number of aryl methyl sites for hydroxylation is 2. The molecule has 1 aromatic heterocycles. The van der Waals surface area contributed by atoms with E-state index in [1.54, 1.807) is 12.1 Å². The quantitative estimate of drug-likeness (QED) is 0.712. The summed E-state index contributed by atoms with van der Waals surface area (Å²) in [6.07, 6.45) is 4.09. The van der Waals surface area contributed by atoms with Crippen molar-refractivity contribution in [3.63, 3.8) is 0 Å². The van der Waals surface area contributed by atoms with Gasteiger partial charge in [0.1, 0.15) is 19.0 Å². The molecule has 2 aliphatic rings. The van der Waals surface area contributed by atoms with Crippen LogP contribution in [-0.2, 0) is 7.05 Å². The molecule has 1 amide bonds. The highest BCUT2D eigenvalue weighted by Gasteiger charge is 2.28. The van der Waals surface area contributed by atoms with E-state index in [1.165, 1.54) is 11.1 Å². The minimum absolute atomic E-state index is 0.0572. The van der Waals surface area contributed by atoms with Crippen LogP contribution >= 0.6 is 0 Å². The first kappa shape index (κ1) is 19.0. The van der Waals surface area contributed by atoms with Crippen LogP contribution in [0.2, 0.25) is 0 Å². The highest BCUT2D eigenvalue weighted by atomic mass is 16.6. The van der Waals surface area contributed by atoms with Crippen LogP contribution in [-0.4, -0.2) is 34.7 Å². The summed E-state index contributed by atoms with van der Waals surface area (Å²) in [6, 6.07) is 11.9. The number of rotatable bonds is 3. The minimum atomic E-state index is -0.0572. The summed E-state index contributed by atoms with van der Waals surface area (Å²) < 4.78 is 13.4. The molecule has 2 unspecified atom stereocenters. The van der Waals surface area contributed by atoms with Gasteiger partial charge in [-0.25, -0.2) is 4.98 Å². The van der Waals surface area contributed by atoms with Gasteiger partial charge in [0.25, 0.3) is 5.91 Å². The van der Waals surface area contributed by atoms with Crippen LogP contribution in [0.1, 0.15) is 53.3 Å². The monoisotopic (exact) mass is 405 g/mol. The number of imidazole rings is 1. The van der Waals surface area contributed by atoms with Crippen molar-refractivity contribution in [2.45, 2.75) is 44.6 Å². The lowest BCUT2D eigenvalue weighted by atomic mass is 9.85. The van der Waals surface area contributed by atoms with Crippen LogP contribution in [0.3, 0.4) is 0 Å². The zero-order chi connectivity index (χ0) is 20.7. The maximum absolute atomic E-state index is 12.9. The molecule has 1 saturated carbocycles. The lowest BCUT2D eigenvalue weighted by Crippen LogP contribution is -2.38. The van der Waals surface area contributed by atoms with Gasteiger partial charge in [0.2, 0.25) is 0 Å². The van der Waals surface area contributed by atoms with E-state index in [-0.39, 0.29) is 11.9 Å². The molecule has 1 aliphatic carbocycles. The first-order valence-electron chi connectivity index (χ1n) is 10.7. The van der Waals surface area contributed by atoms with Crippen molar-refractivity contribution in [1.29, 1.82) is 0 Å². The number of fused-ring (bicyclic) bond motifs is 2. The molecular formula is C24H27N3O3. The van der Waals surface area contributed by atoms with Gasteiger partial charge >= 0.3 is 0 Å².